The van der Waals surface area contributed by atoms with E-state index in [2.05, 4.69) is 4.98 Å². The van der Waals surface area contributed by atoms with E-state index in [9.17, 15) is 9.18 Å². The maximum absolute atomic E-state index is 12.7. The van der Waals surface area contributed by atoms with Crippen molar-refractivity contribution in [3.05, 3.63) is 52.7 Å². The van der Waals surface area contributed by atoms with Gasteiger partial charge in [-0.3, -0.25) is 4.79 Å². The Hall–Kier alpha value is -2.10. The van der Waals surface area contributed by atoms with Crippen LogP contribution in [0.3, 0.4) is 0 Å². The third-order valence-corrected chi connectivity index (χ3v) is 2.15. The molecule has 0 saturated carbocycles. The number of nitrogens with one attached hydrogen (secondary N) is 1. The Morgan fingerprint density at radius 2 is 1.80 bits per heavy atom. The summed E-state index contributed by atoms with van der Waals surface area (Å²) in [5.41, 5.74) is 6.75. The number of aromatic nitrogens is 1. The number of aromatic amines is 1. The minimum atomic E-state index is -0.336. The summed E-state index contributed by atoms with van der Waals surface area (Å²) in [5, 5.41) is 0. The SMILES string of the molecule is Nc1c(-c2ccc(F)cc2)cc[nH]c1=O. The third-order valence-electron chi connectivity index (χ3n) is 2.15. The molecular weight excluding hydrogens is 195 g/mol. The van der Waals surface area contributed by atoms with E-state index in [1.165, 1.54) is 18.3 Å². The molecular formula is C11H9FN2O. The van der Waals surface area contributed by atoms with Crippen molar-refractivity contribution in [1.82, 2.24) is 4.98 Å². The molecule has 0 atom stereocenters. The average Bonchev–Trinajstić information content (AvgIpc) is 2.24. The van der Waals surface area contributed by atoms with Crippen molar-refractivity contribution in [2.24, 2.45) is 0 Å². The second-order valence-electron chi connectivity index (χ2n) is 3.14. The Morgan fingerprint density at radius 3 is 2.47 bits per heavy atom. The molecule has 0 fully saturated rings. The summed E-state index contributed by atoms with van der Waals surface area (Å²) in [6.45, 7) is 0. The highest BCUT2D eigenvalue weighted by Crippen LogP contribution is 2.22. The van der Waals surface area contributed by atoms with Crippen LogP contribution in [0.5, 0.6) is 0 Å². The van der Waals surface area contributed by atoms with E-state index in [0.29, 0.717) is 5.56 Å². The Kier molecular flexibility index (Phi) is 2.25. The first kappa shape index (κ1) is 9.45. The van der Waals surface area contributed by atoms with Crippen LogP contribution in [0.2, 0.25) is 0 Å². The van der Waals surface area contributed by atoms with E-state index in [1.54, 1.807) is 18.2 Å². The average molecular weight is 204 g/mol. The number of anilines is 1. The summed E-state index contributed by atoms with van der Waals surface area (Å²) >= 11 is 0. The minimum absolute atomic E-state index is 0.143. The van der Waals surface area contributed by atoms with Gasteiger partial charge in [0.2, 0.25) is 0 Å². The molecule has 76 valence electrons. The summed E-state index contributed by atoms with van der Waals surface area (Å²) in [6, 6.07) is 7.51. The zero-order chi connectivity index (χ0) is 10.8. The van der Waals surface area contributed by atoms with E-state index in [4.69, 9.17) is 5.73 Å². The predicted octanol–water partition coefficient (Wildman–Crippen LogP) is 1.76. The fraction of sp³-hybridized carbons (Fsp3) is 0. The number of nitrogens with two attached hydrogens (primary N) is 1. The second kappa shape index (κ2) is 3.57. The molecule has 4 heteroatoms. The molecule has 1 aromatic carbocycles. The molecule has 3 N–H and O–H groups in total. The lowest BCUT2D eigenvalue weighted by atomic mass is 10.1. The van der Waals surface area contributed by atoms with Crippen molar-refractivity contribution in [2.75, 3.05) is 5.73 Å². The van der Waals surface area contributed by atoms with Gasteiger partial charge >= 0.3 is 0 Å². The number of halogens is 1. The van der Waals surface area contributed by atoms with Crippen LogP contribution in [0.1, 0.15) is 0 Å². The van der Waals surface area contributed by atoms with Crippen molar-refractivity contribution < 1.29 is 4.39 Å². The minimum Gasteiger partial charge on any atom is -0.394 e. The third kappa shape index (κ3) is 1.74. The van der Waals surface area contributed by atoms with Crippen molar-refractivity contribution in [3.8, 4) is 11.1 Å². The smallest absolute Gasteiger partial charge is 0.271 e. The van der Waals surface area contributed by atoms with Gasteiger partial charge in [-0.2, -0.15) is 0 Å². The van der Waals surface area contributed by atoms with Gasteiger partial charge in [0.15, 0.2) is 0 Å². The first-order chi connectivity index (χ1) is 7.18. The van der Waals surface area contributed by atoms with Gasteiger partial charge < -0.3 is 10.7 Å². The van der Waals surface area contributed by atoms with Gasteiger partial charge in [0, 0.05) is 11.8 Å². The zero-order valence-electron chi connectivity index (χ0n) is 7.83. The molecule has 0 aliphatic rings. The quantitative estimate of drug-likeness (QED) is 0.743. The van der Waals surface area contributed by atoms with Gasteiger partial charge in [-0.25, -0.2) is 4.39 Å². The fourth-order valence-corrected chi connectivity index (χ4v) is 1.37. The summed E-state index contributed by atoms with van der Waals surface area (Å²) in [6.07, 6.45) is 1.51. The molecule has 0 aliphatic heterocycles. The highest BCUT2D eigenvalue weighted by atomic mass is 19.1. The molecule has 0 spiro atoms. The molecule has 0 saturated heterocycles. The monoisotopic (exact) mass is 204 g/mol. The Labute approximate surface area is 85.4 Å². The molecule has 0 bridgehead atoms. The molecule has 0 unspecified atom stereocenters. The standard InChI is InChI=1S/C11H9FN2O/c12-8-3-1-7(2-4-8)9-5-6-14-11(15)10(9)13/h1-6H,13H2,(H,14,15). The number of hydrogen-bond acceptors (Lipinski definition) is 2. The molecule has 2 rings (SSSR count). The Morgan fingerprint density at radius 1 is 1.13 bits per heavy atom. The summed E-state index contributed by atoms with van der Waals surface area (Å²) in [7, 11) is 0. The summed E-state index contributed by atoms with van der Waals surface area (Å²) in [4.78, 5) is 13.7. The van der Waals surface area contributed by atoms with E-state index in [0.717, 1.165) is 5.56 Å². The van der Waals surface area contributed by atoms with E-state index in [-0.39, 0.29) is 17.1 Å². The van der Waals surface area contributed by atoms with Crippen LogP contribution < -0.4 is 11.3 Å². The van der Waals surface area contributed by atoms with Gasteiger partial charge in [-0.1, -0.05) is 12.1 Å². The fourth-order valence-electron chi connectivity index (χ4n) is 1.37. The first-order valence-corrected chi connectivity index (χ1v) is 4.41. The van der Waals surface area contributed by atoms with Gasteiger partial charge in [-0.15, -0.1) is 0 Å². The van der Waals surface area contributed by atoms with E-state index >= 15 is 0 Å². The summed E-state index contributed by atoms with van der Waals surface area (Å²) < 4.78 is 12.7. The van der Waals surface area contributed by atoms with Crippen molar-refractivity contribution in [1.29, 1.82) is 0 Å². The largest absolute Gasteiger partial charge is 0.394 e. The Bertz CT molecular complexity index is 531. The van der Waals surface area contributed by atoms with Crippen LogP contribution in [-0.2, 0) is 0 Å². The molecule has 2 aromatic rings. The predicted molar refractivity (Wildman–Crippen MR) is 56.9 cm³/mol. The van der Waals surface area contributed by atoms with Gasteiger partial charge in [0.25, 0.3) is 5.56 Å². The summed E-state index contributed by atoms with van der Waals surface area (Å²) in [5.74, 6) is -0.317. The van der Waals surface area contributed by atoms with E-state index in [1.807, 2.05) is 0 Å². The van der Waals surface area contributed by atoms with Crippen LogP contribution in [0.25, 0.3) is 11.1 Å². The number of rotatable bonds is 1. The normalized spacial score (nSPS) is 10.2. The van der Waals surface area contributed by atoms with Crippen LogP contribution >= 0.6 is 0 Å². The Balaban J connectivity index is 2.59. The van der Waals surface area contributed by atoms with Crippen molar-refractivity contribution in [2.45, 2.75) is 0 Å². The van der Waals surface area contributed by atoms with E-state index < -0.39 is 0 Å². The lowest BCUT2D eigenvalue weighted by Gasteiger charge is -2.03. The molecule has 15 heavy (non-hydrogen) atoms. The zero-order valence-corrected chi connectivity index (χ0v) is 7.83. The first-order valence-electron chi connectivity index (χ1n) is 4.41. The number of pyridine rings is 1. The van der Waals surface area contributed by atoms with Crippen LogP contribution in [0.4, 0.5) is 10.1 Å². The highest BCUT2D eigenvalue weighted by molar-refractivity contribution is 5.75. The van der Waals surface area contributed by atoms with Gasteiger partial charge in [-0.05, 0) is 23.8 Å². The lowest BCUT2D eigenvalue weighted by Crippen LogP contribution is -2.11. The topological polar surface area (TPSA) is 58.9 Å². The highest BCUT2D eigenvalue weighted by Gasteiger charge is 2.04. The number of H-pyrrole nitrogens is 1. The molecule has 0 radical (unpaired) electrons. The lowest BCUT2D eigenvalue weighted by molar-refractivity contribution is 0.628. The molecule has 3 nitrogen and oxygen atoms in total. The maximum atomic E-state index is 12.7. The van der Waals surface area contributed by atoms with Crippen LogP contribution in [-0.4, -0.2) is 4.98 Å². The number of nitrogen functional groups attached to an aromatic ring is 1. The van der Waals surface area contributed by atoms with Gasteiger partial charge in [0.05, 0.1) is 0 Å². The second-order valence-corrected chi connectivity index (χ2v) is 3.14. The van der Waals surface area contributed by atoms with Gasteiger partial charge in [0.1, 0.15) is 11.5 Å². The number of hydrogen-bond donors (Lipinski definition) is 2. The van der Waals surface area contributed by atoms with Crippen LogP contribution in [0, 0.1) is 5.82 Å². The molecule has 1 heterocycles. The maximum Gasteiger partial charge on any atom is 0.271 e. The van der Waals surface area contributed by atoms with Crippen molar-refractivity contribution >= 4 is 5.69 Å². The molecule has 1 aromatic heterocycles. The van der Waals surface area contributed by atoms with Crippen molar-refractivity contribution in [3.63, 3.8) is 0 Å². The number of benzene rings is 1. The molecule has 0 aliphatic carbocycles. The molecule has 0 amide bonds. The van der Waals surface area contributed by atoms with Crippen LogP contribution in [0.15, 0.2) is 41.3 Å².